The summed E-state index contributed by atoms with van der Waals surface area (Å²) < 4.78 is 13.5. The lowest BCUT2D eigenvalue weighted by Crippen LogP contribution is -2.30. The molecule has 0 heterocycles. The number of nitrogens with two attached hydrogens (primary N) is 1. The molecule has 2 N–H and O–H groups in total. The average Bonchev–Trinajstić information content (AvgIpc) is 2.35. The van der Waals surface area contributed by atoms with Crippen LogP contribution in [-0.4, -0.2) is 6.04 Å². The molecule has 3 heteroatoms. The first-order chi connectivity index (χ1) is 9.06. The molecular weight excluding hydrogens is 239 g/mol. The highest BCUT2D eigenvalue weighted by molar-refractivity contribution is 5.57. The molecule has 19 heavy (non-hydrogen) atoms. The Hall–Kier alpha value is -2.03. The Morgan fingerprint density at radius 2 is 1.79 bits per heavy atom. The first-order valence-electron chi connectivity index (χ1n) is 6.43. The van der Waals surface area contributed by atoms with Gasteiger partial charge >= 0.3 is 0 Å². The highest BCUT2D eigenvalue weighted by Gasteiger charge is 2.12. The first kappa shape index (κ1) is 13.4. The summed E-state index contributed by atoms with van der Waals surface area (Å²) in [6.45, 7) is 4.91. The fraction of sp³-hybridized carbons (Fsp3) is 0.250. The Balaban J connectivity index is 2.30. The van der Waals surface area contributed by atoms with E-state index in [0.29, 0.717) is 5.69 Å². The molecule has 0 saturated carbocycles. The number of nitrogens with zero attached hydrogens (tertiary/aromatic N) is 1. The maximum absolute atomic E-state index is 13.5. The van der Waals surface area contributed by atoms with Gasteiger partial charge in [-0.15, -0.1) is 0 Å². The molecular formula is C16H19FN2. The number of benzene rings is 2. The number of anilines is 2. The predicted octanol–water partition coefficient (Wildman–Crippen LogP) is 3.82. The summed E-state index contributed by atoms with van der Waals surface area (Å²) in [5.41, 5.74) is 8.19. The van der Waals surface area contributed by atoms with Crippen LogP contribution in [0.25, 0.3) is 0 Å². The first-order valence-corrected chi connectivity index (χ1v) is 6.43. The lowest BCUT2D eigenvalue weighted by atomic mass is 10.1. The standard InChI is InChI=1S/C16H19FN2/c1-12(2)19(11-13-6-4-3-5-7-13)16-9-14(17)8-15(18)10-16/h3-10,12H,11,18H2,1-2H3. The lowest BCUT2D eigenvalue weighted by Gasteiger charge is -2.29. The normalized spacial score (nSPS) is 10.7. The number of halogens is 1. The van der Waals surface area contributed by atoms with E-state index >= 15 is 0 Å². The second-order valence-corrected chi connectivity index (χ2v) is 4.95. The Morgan fingerprint density at radius 1 is 1.11 bits per heavy atom. The summed E-state index contributed by atoms with van der Waals surface area (Å²) in [4.78, 5) is 2.13. The Morgan fingerprint density at radius 3 is 2.37 bits per heavy atom. The van der Waals surface area contributed by atoms with Gasteiger partial charge in [0, 0.05) is 24.0 Å². The zero-order valence-electron chi connectivity index (χ0n) is 11.3. The van der Waals surface area contributed by atoms with Gasteiger partial charge < -0.3 is 10.6 Å². The smallest absolute Gasteiger partial charge is 0.127 e. The highest BCUT2D eigenvalue weighted by Crippen LogP contribution is 2.24. The zero-order valence-corrected chi connectivity index (χ0v) is 11.3. The third kappa shape index (κ3) is 3.47. The highest BCUT2D eigenvalue weighted by atomic mass is 19.1. The van der Waals surface area contributed by atoms with Crippen LogP contribution in [-0.2, 0) is 6.54 Å². The predicted molar refractivity (Wildman–Crippen MR) is 78.6 cm³/mol. The molecule has 0 aliphatic carbocycles. The molecule has 100 valence electrons. The summed E-state index contributed by atoms with van der Waals surface area (Å²) in [5, 5.41) is 0. The molecule has 0 fully saturated rings. The van der Waals surface area contributed by atoms with Crippen molar-refractivity contribution in [1.82, 2.24) is 0 Å². The van der Waals surface area contributed by atoms with Gasteiger partial charge in [0.15, 0.2) is 0 Å². The van der Waals surface area contributed by atoms with E-state index in [1.54, 1.807) is 0 Å². The van der Waals surface area contributed by atoms with Crippen LogP contribution in [0.3, 0.4) is 0 Å². The van der Waals surface area contributed by atoms with Gasteiger partial charge in [-0.2, -0.15) is 0 Å². The monoisotopic (exact) mass is 258 g/mol. The molecule has 0 aliphatic rings. The maximum Gasteiger partial charge on any atom is 0.127 e. The minimum atomic E-state index is -0.297. The third-order valence-corrected chi connectivity index (χ3v) is 3.06. The molecule has 2 aromatic carbocycles. The fourth-order valence-electron chi connectivity index (χ4n) is 2.11. The number of nitrogen functional groups attached to an aromatic ring is 1. The summed E-state index contributed by atoms with van der Waals surface area (Å²) in [7, 11) is 0. The van der Waals surface area contributed by atoms with Crippen molar-refractivity contribution in [2.45, 2.75) is 26.4 Å². The van der Waals surface area contributed by atoms with E-state index in [1.165, 1.54) is 17.7 Å². The van der Waals surface area contributed by atoms with E-state index in [4.69, 9.17) is 5.73 Å². The zero-order chi connectivity index (χ0) is 13.8. The van der Waals surface area contributed by atoms with Gasteiger partial charge in [0.05, 0.1) is 0 Å². The minimum Gasteiger partial charge on any atom is -0.399 e. The summed E-state index contributed by atoms with van der Waals surface area (Å²) >= 11 is 0. The summed E-state index contributed by atoms with van der Waals surface area (Å²) in [5.74, 6) is -0.297. The van der Waals surface area contributed by atoms with E-state index in [9.17, 15) is 4.39 Å². The van der Waals surface area contributed by atoms with Crippen LogP contribution in [0.5, 0.6) is 0 Å². The van der Waals surface area contributed by atoms with Crippen LogP contribution in [0.15, 0.2) is 48.5 Å². The van der Waals surface area contributed by atoms with Crippen molar-refractivity contribution < 1.29 is 4.39 Å². The topological polar surface area (TPSA) is 29.3 Å². The van der Waals surface area contributed by atoms with E-state index in [0.717, 1.165) is 12.2 Å². The van der Waals surface area contributed by atoms with E-state index in [-0.39, 0.29) is 11.9 Å². The molecule has 0 saturated heterocycles. The van der Waals surface area contributed by atoms with Crippen LogP contribution in [0.4, 0.5) is 15.8 Å². The molecule has 2 nitrogen and oxygen atoms in total. The number of rotatable bonds is 4. The third-order valence-electron chi connectivity index (χ3n) is 3.06. The molecule has 0 bridgehead atoms. The number of hydrogen-bond donors (Lipinski definition) is 1. The summed E-state index contributed by atoms with van der Waals surface area (Å²) in [6, 6.07) is 15.1. The van der Waals surface area contributed by atoms with Gasteiger partial charge in [-0.25, -0.2) is 4.39 Å². The largest absolute Gasteiger partial charge is 0.399 e. The van der Waals surface area contributed by atoms with Crippen molar-refractivity contribution in [1.29, 1.82) is 0 Å². The van der Waals surface area contributed by atoms with Crippen molar-refractivity contribution in [2.24, 2.45) is 0 Å². The lowest BCUT2D eigenvalue weighted by molar-refractivity contribution is 0.623. The van der Waals surface area contributed by atoms with Crippen LogP contribution in [0.2, 0.25) is 0 Å². The van der Waals surface area contributed by atoms with Crippen molar-refractivity contribution in [2.75, 3.05) is 10.6 Å². The van der Waals surface area contributed by atoms with Gasteiger partial charge in [0.2, 0.25) is 0 Å². The molecule has 0 aliphatic heterocycles. The van der Waals surface area contributed by atoms with Crippen LogP contribution in [0.1, 0.15) is 19.4 Å². The Kier molecular flexibility index (Phi) is 4.05. The fourth-order valence-corrected chi connectivity index (χ4v) is 2.11. The number of hydrogen-bond acceptors (Lipinski definition) is 2. The average molecular weight is 258 g/mol. The quantitative estimate of drug-likeness (QED) is 0.845. The van der Waals surface area contributed by atoms with Crippen molar-refractivity contribution in [3.63, 3.8) is 0 Å². The SMILES string of the molecule is CC(C)N(Cc1ccccc1)c1cc(N)cc(F)c1. The molecule has 0 radical (unpaired) electrons. The van der Waals surface area contributed by atoms with Crippen LogP contribution >= 0.6 is 0 Å². The molecule has 2 aromatic rings. The van der Waals surface area contributed by atoms with Gasteiger partial charge in [-0.05, 0) is 37.6 Å². The van der Waals surface area contributed by atoms with E-state index < -0.39 is 0 Å². The Labute approximate surface area is 113 Å². The molecule has 0 atom stereocenters. The molecule has 0 amide bonds. The second-order valence-electron chi connectivity index (χ2n) is 4.95. The van der Waals surface area contributed by atoms with Gasteiger partial charge in [-0.1, -0.05) is 30.3 Å². The summed E-state index contributed by atoms with van der Waals surface area (Å²) in [6.07, 6.45) is 0. The van der Waals surface area contributed by atoms with E-state index in [1.807, 2.05) is 24.3 Å². The van der Waals surface area contributed by atoms with Gasteiger partial charge in [-0.3, -0.25) is 0 Å². The Bertz CT molecular complexity index is 517. The molecule has 0 spiro atoms. The maximum atomic E-state index is 13.5. The minimum absolute atomic E-state index is 0.265. The second kappa shape index (κ2) is 5.74. The van der Waals surface area contributed by atoms with Crippen LogP contribution in [0, 0.1) is 5.82 Å². The molecule has 0 aromatic heterocycles. The van der Waals surface area contributed by atoms with Crippen molar-refractivity contribution in [3.05, 3.63) is 59.9 Å². The molecule has 2 rings (SSSR count). The van der Waals surface area contributed by atoms with Crippen molar-refractivity contribution >= 4 is 11.4 Å². The van der Waals surface area contributed by atoms with Crippen LogP contribution < -0.4 is 10.6 Å². The van der Waals surface area contributed by atoms with Gasteiger partial charge in [0.25, 0.3) is 0 Å². The van der Waals surface area contributed by atoms with Crippen molar-refractivity contribution in [3.8, 4) is 0 Å². The van der Waals surface area contributed by atoms with E-state index in [2.05, 4.69) is 30.9 Å². The van der Waals surface area contributed by atoms with Gasteiger partial charge in [0.1, 0.15) is 5.82 Å². The molecule has 0 unspecified atom stereocenters.